The predicted octanol–water partition coefficient (Wildman–Crippen LogP) is 5.78. The van der Waals surface area contributed by atoms with Crippen LogP contribution in [0.5, 0.6) is 0 Å². The van der Waals surface area contributed by atoms with Crippen molar-refractivity contribution in [2.75, 3.05) is 13.1 Å². The Hall–Kier alpha value is -3.00. The largest absolute Gasteiger partial charge is 0.316 e. The van der Waals surface area contributed by atoms with Crippen molar-refractivity contribution in [3.8, 4) is 11.3 Å². The molecule has 1 aromatic heterocycles. The van der Waals surface area contributed by atoms with Crippen molar-refractivity contribution in [1.82, 2.24) is 8.87 Å². The smallest absolute Gasteiger partial charge is 0.243 e. The van der Waals surface area contributed by atoms with Gasteiger partial charge < -0.3 is 4.57 Å². The molecule has 5 rings (SSSR count). The van der Waals surface area contributed by atoms with Gasteiger partial charge >= 0.3 is 0 Å². The third kappa shape index (κ3) is 5.32. The number of sulfonamides is 1. The Morgan fingerprint density at radius 2 is 1.57 bits per heavy atom. The summed E-state index contributed by atoms with van der Waals surface area (Å²) in [5.74, 6) is 0. The first-order valence-electron chi connectivity index (χ1n) is 11.9. The van der Waals surface area contributed by atoms with Crippen LogP contribution in [0.1, 0.15) is 24.0 Å². The van der Waals surface area contributed by atoms with Gasteiger partial charge in [0.1, 0.15) is 0 Å². The maximum absolute atomic E-state index is 12.9. The monoisotopic (exact) mass is 503 g/mol. The summed E-state index contributed by atoms with van der Waals surface area (Å²) in [6.07, 6.45) is 2.74. The van der Waals surface area contributed by atoms with Gasteiger partial charge in [0.15, 0.2) is 4.80 Å². The Morgan fingerprint density at radius 1 is 0.886 bits per heavy atom. The van der Waals surface area contributed by atoms with Crippen LogP contribution >= 0.6 is 11.3 Å². The average Bonchev–Trinajstić information content (AvgIpc) is 3.56. The van der Waals surface area contributed by atoms with Crippen LogP contribution in [0.15, 0.2) is 94.1 Å². The third-order valence-electron chi connectivity index (χ3n) is 6.38. The lowest BCUT2D eigenvalue weighted by Crippen LogP contribution is -2.27. The van der Waals surface area contributed by atoms with Gasteiger partial charge in [-0.05, 0) is 61.6 Å². The number of hydrogen-bond acceptors (Lipinski definition) is 4. The van der Waals surface area contributed by atoms with Crippen molar-refractivity contribution in [2.24, 2.45) is 4.99 Å². The van der Waals surface area contributed by atoms with Gasteiger partial charge in [-0.25, -0.2) is 13.4 Å². The molecule has 3 aromatic carbocycles. The minimum atomic E-state index is -3.42. The molecule has 1 fully saturated rings. The number of thiazole rings is 1. The van der Waals surface area contributed by atoms with Crippen molar-refractivity contribution >= 4 is 27.0 Å². The number of rotatable bonds is 7. The summed E-state index contributed by atoms with van der Waals surface area (Å²) in [5, 5.41) is 2.11. The highest BCUT2D eigenvalue weighted by molar-refractivity contribution is 7.89. The van der Waals surface area contributed by atoms with E-state index in [9.17, 15) is 8.42 Å². The standard InChI is InChI=1S/C28H29N3O2S2/c1-22-9-13-25(14-10-22)29-28-31(20-17-23-7-3-2-4-8-23)27(21-34-28)24-11-15-26(16-12-24)35(32,33)30-18-5-6-19-30/h2-4,7-16,21H,5-6,17-20H2,1H3. The number of benzene rings is 3. The van der Waals surface area contributed by atoms with Gasteiger partial charge in [0.05, 0.1) is 16.3 Å². The summed E-state index contributed by atoms with van der Waals surface area (Å²) in [5.41, 5.74) is 5.42. The minimum absolute atomic E-state index is 0.360. The van der Waals surface area contributed by atoms with Crippen molar-refractivity contribution in [1.29, 1.82) is 0 Å². The average molecular weight is 504 g/mol. The van der Waals surface area contributed by atoms with Crippen LogP contribution in [0.25, 0.3) is 11.3 Å². The molecule has 35 heavy (non-hydrogen) atoms. The van der Waals surface area contributed by atoms with Crippen LogP contribution in [0.3, 0.4) is 0 Å². The minimum Gasteiger partial charge on any atom is -0.316 e. The van der Waals surface area contributed by atoms with E-state index in [-0.39, 0.29) is 0 Å². The summed E-state index contributed by atoms with van der Waals surface area (Å²) < 4.78 is 29.7. The molecule has 0 atom stereocenters. The lowest BCUT2D eigenvalue weighted by molar-refractivity contribution is 0.477. The van der Waals surface area contributed by atoms with Crippen molar-refractivity contribution in [2.45, 2.75) is 37.6 Å². The van der Waals surface area contributed by atoms with Crippen LogP contribution in [-0.4, -0.2) is 30.4 Å². The molecule has 1 aliphatic rings. The lowest BCUT2D eigenvalue weighted by Gasteiger charge is -2.16. The maximum Gasteiger partial charge on any atom is 0.243 e. The second-order valence-electron chi connectivity index (χ2n) is 8.87. The van der Waals surface area contributed by atoms with Crippen LogP contribution in [-0.2, 0) is 23.0 Å². The zero-order chi connectivity index (χ0) is 24.3. The highest BCUT2D eigenvalue weighted by atomic mass is 32.2. The number of aromatic nitrogens is 1. The van der Waals surface area contributed by atoms with E-state index in [1.165, 1.54) is 11.1 Å². The fourth-order valence-corrected chi connectivity index (χ4v) is 6.83. The van der Waals surface area contributed by atoms with E-state index in [2.05, 4.69) is 53.3 Å². The molecule has 4 aromatic rings. The van der Waals surface area contributed by atoms with Crippen LogP contribution in [0.4, 0.5) is 5.69 Å². The molecule has 7 heteroatoms. The van der Waals surface area contributed by atoms with Gasteiger partial charge in [-0.15, -0.1) is 11.3 Å². The zero-order valence-corrected chi connectivity index (χ0v) is 21.4. The topological polar surface area (TPSA) is 54.7 Å². The normalized spacial score (nSPS) is 15.1. The van der Waals surface area contributed by atoms with E-state index in [0.29, 0.717) is 18.0 Å². The molecular formula is C28H29N3O2S2. The highest BCUT2D eigenvalue weighted by Crippen LogP contribution is 2.26. The van der Waals surface area contributed by atoms with Crippen molar-refractivity contribution in [3.05, 3.63) is 100 Å². The fourth-order valence-electron chi connectivity index (χ4n) is 4.36. The summed E-state index contributed by atoms with van der Waals surface area (Å²) in [6.45, 7) is 4.07. The number of nitrogens with zero attached hydrogens (tertiary/aromatic N) is 3. The molecule has 0 saturated carbocycles. The lowest BCUT2D eigenvalue weighted by atomic mass is 10.1. The van der Waals surface area contributed by atoms with Crippen molar-refractivity contribution in [3.63, 3.8) is 0 Å². The van der Waals surface area contributed by atoms with Gasteiger partial charge in [0.2, 0.25) is 10.0 Å². The Kier molecular flexibility index (Phi) is 7.00. The molecule has 2 heterocycles. The van der Waals surface area contributed by atoms with Crippen LogP contribution in [0.2, 0.25) is 0 Å². The van der Waals surface area contributed by atoms with Crippen LogP contribution < -0.4 is 4.80 Å². The maximum atomic E-state index is 12.9. The van der Waals surface area contributed by atoms with E-state index < -0.39 is 10.0 Å². The first-order valence-corrected chi connectivity index (χ1v) is 14.3. The second-order valence-corrected chi connectivity index (χ2v) is 11.6. The summed E-state index contributed by atoms with van der Waals surface area (Å²) in [6, 6.07) is 25.9. The molecule has 1 saturated heterocycles. The van der Waals surface area contributed by atoms with E-state index in [1.807, 2.05) is 30.3 Å². The van der Waals surface area contributed by atoms with Gasteiger partial charge in [0.25, 0.3) is 0 Å². The molecule has 0 N–H and O–H groups in total. The quantitative estimate of drug-likeness (QED) is 0.321. The van der Waals surface area contributed by atoms with Gasteiger partial charge in [-0.2, -0.15) is 4.31 Å². The molecule has 0 spiro atoms. The first-order chi connectivity index (χ1) is 17.0. The molecule has 0 amide bonds. The Labute approximate surface area is 211 Å². The number of aryl methyl sites for hydroxylation is 2. The van der Waals surface area contributed by atoms with E-state index >= 15 is 0 Å². The summed E-state index contributed by atoms with van der Waals surface area (Å²) >= 11 is 1.61. The molecule has 0 aliphatic carbocycles. The molecule has 5 nitrogen and oxygen atoms in total. The highest BCUT2D eigenvalue weighted by Gasteiger charge is 2.27. The van der Waals surface area contributed by atoms with Crippen molar-refractivity contribution < 1.29 is 8.42 Å². The molecule has 1 aliphatic heterocycles. The Morgan fingerprint density at radius 3 is 2.26 bits per heavy atom. The molecule has 0 radical (unpaired) electrons. The Balaban J connectivity index is 1.50. The first kappa shape index (κ1) is 23.7. The predicted molar refractivity (Wildman–Crippen MR) is 142 cm³/mol. The number of hydrogen-bond donors (Lipinski definition) is 0. The SMILES string of the molecule is Cc1ccc(N=c2scc(-c3ccc(S(=O)(=O)N4CCCC4)cc3)n2CCc2ccccc2)cc1. The van der Waals surface area contributed by atoms with Gasteiger partial charge in [0, 0.05) is 25.0 Å². The third-order valence-corrected chi connectivity index (χ3v) is 9.15. The van der Waals surface area contributed by atoms with E-state index in [1.54, 1.807) is 27.8 Å². The van der Waals surface area contributed by atoms with E-state index in [0.717, 1.165) is 47.6 Å². The van der Waals surface area contributed by atoms with Crippen LogP contribution in [0, 0.1) is 6.92 Å². The molecule has 180 valence electrons. The Bertz CT molecular complexity index is 1450. The van der Waals surface area contributed by atoms with E-state index in [4.69, 9.17) is 4.99 Å². The molecule has 0 bridgehead atoms. The molecule has 0 unspecified atom stereocenters. The molecular weight excluding hydrogens is 474 g/mol. The second kappa shape index (κ2) is 10.3. The fraction of sp³-hybridized carbons (Fsp3) is 0.250. The zero-order valence-electron chi connectivity index (χ0n) is 19.8. The summed E-state index contributed by atoms with van der Waals surface area (Å²) in [4.78, 5) is 6.21. The van der Waals surface area contributed by atoms with Gasteiger partial charge in [-0.1, -0.05) is 60.2 Å². The summed E-state index contributed by atoms with van der Waals surface area (Å²) in [7, 11) is -3.42. The van der Waals surface area contributed by atoms with Gasteiger partial charge in [-0.3, -0.25) is 0 Å².